The molecule has 106 valence electrons. The number of aromatic nitrogens is 3. The van der Waals surface area contributed by atoms with Crippen LogP contribution in [0.15, 0.2) is 56.5 Å². The van der Waals surface area contributed by atoms with Crippen LogP contribution >= 0.6 is 27.7 Å². The van der Waals surface area contributed by atoms with Gasteiger partial charge in [-0.3, -0.25) is 0 Å². The maximum absolute atomic E-state index is 9.71. The Bertz CT molecular complexity index is 746. The molecule has 7 heteroatoms. The van der Waals surface area contributed by atoms with E-state index in [1.807, 2.05) is 24.3 Å². The van der Waals surface area contributed by atoms with Gasteiger partial charge in [0, 0.05) is 15.6 Å². The van der Waals surface area contributed by atoms with Gasteiger partial charge in [-0.1, -0.05) is 21.1 Å². The van der Waals surface area contributed by atoms with Crippen molar-refractivity contribution in [1.29, 1.82) is 0 Å². The molecule has 0 radical (unpaired) electrons. The minimum atomic E-state index is 0.0215. The molecule has 0 bridgehead atoms. The molecule has 2 aromatic heterocycles. The molecule has 0 saturated carbocycles. The number of rotatable bonds is 4. The van der Waals surface area contributed by atoms with Gasteiger partial charge in [0.25, 0.3) is 5.89 Å². The highest BCUT2D eigenvalue weighted by atomic mass is 79.9. The molecule has 3 aromatic rings. The topological polar surface area (TPSA) is 72.0 Å². The zero-order valence-electron chi connectivity index (χ0n) is 10.7. The van der Waals surface area contributed by atoms with E-state index in [0.29, 0.717) is 17.3 Å². The summed E-state index contributed by atoms with van der Waals surface area (Å²) < 4.78 is 6.18. The summed E-state index contributed by atoms with van der Waals surface area (Å²) in [5.74, 6) is 1.38. The maximum atomic E-state index is 9.71. The molecule has 21 heavy (non-hydrogen) atoms. The number of hydrogen-bond donors (Lipinski definition) is 1. The third-order valence-corrected chi connectivity index (χ3v) is 4.18. The van der Waals surface area contributed by atoms with Crippen LogP contribution in [0, 0.1) is 0 Å². The summed E-state index contributed by atoms with van der Waals surface area (Å²) in [7, 11) is 0. The van der Waals surface area contributed by atoms with Gasteiger partial charge >= 0.3 is 0 Å². The first kappa shape index (κ1) is 14.1. The molecule has 3 rings (SSSR count). The minimum absolute atomic E-state index is 0.0215. The highest BCUT2D eigenvalue weighted by molar-refractivity contribution is 9.10. The predicted octanol–water partition coefficient (Wildman–Crippen LogP) is 3.89. The zero-order valence-corrected chi connectivity index (χ0v) is 13.1. The van der Waals surface area contributed by atoms with Gasteiger partial charge in [0.05, 0.1) is 5.75 Å². The van der Waals surface area contributed by atoms with Gasteiger partial charge in [-0.05, 0) is 36.4 Å². The van der Waals surface area contributed by atoms with Crippen LogP contribution in [0.3, 0.4) is 0 Å². The Hall–Kier alpha value is -1.86. The van der Waals surface area contributed by atoms with Crippen molar-refractivity contribution in [3.8, 4) is 17.3 Å². The number of aromatic hydroxyl groups is 1. The first-order valence-corrected chi connectivity index (χ1v) is 7.85. The van der Waals surface area contributed by atoms with Crippen molar-refractivity contribution in [2.45, 2.75) is 10.6 Å². The lowest BCUT2D eigenvalue weighted by atomic mass is 10.3. The second-order valence-electron chi connectivity index (χ2n) is 4.13. The average Bonchev–Trinajstić information content (AvgIpc) is 2.96. The van der Waals surface area contributed by atoms with Crippen molar-refractivity contribution in [2.75, 3.05) is 0 Å². The van der Waals surface area contributed by atoms with E-state index < -0.39 is 0 Å². The molecule has 0 aliphatic rings. The summed E-state index contributed by atoms with van der Waals surface area (Å²) in [4.78, 5) is 9.39. The van der Waals surface area contributed by atoms with Gasteiger partial charge in [-0.25, -0.2) is 4.98 Å². The normalized spacial score (nSPS) is 10.7. The largest absolute Gasteiger partial charge is 0.505 e. The fourth-order valence-electron chi connectivity index (χ4n) is 1.65. The Morgan fingerprint density at radius 1 is 1.19 bits per heavy atom. The molecule has 0 saturated heterocycles. The number of thioether (sulfide) groups is 1. The van der Waals surface area contributed by atoms with Crippen LogP contribution in [0.2, 0.25) is 0 Å². The molecular weight excluding hydrogens is 354 g/mol. The Kier molecular flexibility index (Phi) is 4.21. The van der Waals surface area contributed by atoms with Gasteiger partial charge < -0.3 is 9.63 Å². The van der Waals surface area contributed by atoms with Crippen molar-refractivity contribution in [3.63, 3.8) is 0 Å². The average molecular weight is 364 g/mol. The highest BCUT2D eigenvalue weighted by Gasteiger charge is 2.13. The molecule has 2 heterocycles. The second kappa shape index (κ2) is 6.28. The minimum Gasteiger partial charge on any atom is -0.505 e. The number of pyridine rings is 1. The predicted molar refractivity (Wildman–Crippen MR) is 82.9 cm³/mol. The third kappa shape index (κ3) is 3.43. The van der Waals surface area contributed by atoms with Crippen LogP contribution in [0.5, 0.6) is 5.75 Å². The monoisotopic (exact) mass is 363 g/mol. The summed E-state index contributed by atoms with van der Waals surface area (Å²) in [5.41, 5.74) is 0.296. The molecule has 0 fully saturated rings. The maximum Gasteiger partial charge on any atom is 0.280 e. The van der Waals surface area contributed by atoms with E-state index in [4.69, 9.17) is 4.52 Å². The molecule has 5 nitrogen and oxygen atoms in total. The smallest absolute Gasteiger partial charge is 0.280 e. The van der Waals surface area contributed by atoms with E-state index in [2.05, 4.69) is 31.1 Å². The van der Waals surface area contributed by atoms with Crippen LogP contribution in [0.25, 0.3) is 11.6 Å². The quantitative estimate of drug-likeness (QED) is 0.708. The van der Waals surface area contributed by atoms with E-state index in [1.165, 1.54) is 6.07 Å². The molecule has 0 spiro atoms. The second-order valence-corrected chi connectivity index (χ2v) is 6.09. The van der Waals surface area contributed by atoms with E-state index in [0.717, 1.165) is 9.37 Å². The van der Waals surface area contributed by atoms with Gasteiger partial charge in [-0.15, -0.1) is 11.8 Å². The van der Waals surface area contributed by atoms with Gasteiger partial charge in [0.15, 0.2) is 11.5 Å². The standard InChI is InChI=1S/C14H10BrN3O2S/c15-9-3-5-10(6-4-9)21-8-12-17-14(20-18-12)13-11(19)2-1-7-16-13/h1-7,19H,8H2. The van der Waals surface area contributed by atoms with E-state index in [1.54, 1.807) is 24.0 Å². The number of nitrogens with zero attached hydrogens (tertiary/aromatic N) is 3. The lowest BCUT2D eigenvalue weighted by Gasteiger charge is -1.98. The SMILES string of the molecule is Oc1cccnc1-c1nc(CSc2ccc(Br)cc2)no1. The number of halogens is 1. The number of hydrogen-bond acceptors (Lipinski definition) is 6. The van der Waals surface area contributed by atoms with Gasteiger partial charge in [0.1, 0.15) is 5.75 Å². The first-order valence-electron chi connectivity index (χ1n) is 6.07. The molecule has 0 aliphatic heterocycles. The van der Waals surface area contributed by atoms with Gasteiger partial charge in [0.2, 0.25) is 0 Å². The molecule has 1 N–H and O–H groups in total. The molecular formula is C14H10BrN3O2S. The van der Waals surface area contributed by atoms with E-state index >= 15 is 0 Å². The fourth-order valence-corrected chi connectivity index (χ4v) is 2.65. The molecule has 1 aromatic carbocycles. The van der Waals surface area contributed by atoms with E-state index in [-0.39, 0.29) is 11.6 Å². The van der Waals surface area contributed by atoms with Crippen LogP contribution < -0.4 is 0 Å². The van der Waals surface area contributed by atoms with Crippen molar-refractivity contribution < 1.29 is 9.63 Å². The summed E-state index contributed by atoms with van der Waals surface area (Å²) in [6.45, 7) is 0. The molecule has 0 amide bonds. The highest BCUT2D eigenvalue weighted by Crippen LogP contribution is 2.27. The fraction of sp³-hybridized carbons (Fsp3) is 0.0714. The Morgan fingerprint density at radius 2 is 2.00 bits per heavy atom. The zero-order chi connectivity index (χ0) is 14.7. The van der Waals surface area contributed by atoms with Crippen LogP contribution in [0.4, 0.5) is 0 Å². The van der Waals surface area contributed by atoms with Gasteiger partial charge in [-0.2, -0.15) is 4.98 Å². The summed E-state index contributed by atoms with van der Waals surface area (Å²) >= 11 is 5.00. The van der Waals surface area contributed by atoms with Crippen molar-refractivity contribution in [1.82, 2.24) is 15.1 Å². The molecule has 0 unspecified atom stereocenters. The van der Waals surface area contributed by atoms with Crippen LogP contribution in [-0.2, 0) is 5.75 Å². The van der Waals surface area contributed by atoms with Crippen LogP contribution in [0.1, 0.15) is 5.82 Å². The van der Waals surface area contributed by atoms with Crippen molar-refractivity contribution >= 4 is 27.7 Å². The molecule has 0 atom stereocenters. The Labute approximate surface area is 133 Å². The third-order valence-electron chi connectivity index (χ3n) is 2.64. The summed E-state index contributed by atoms with van der Waals surface area (Å²) in [6, 6.07) is 11.2. The van der Waals surface area contributed by atoms with Crippen molar-refractivity contribution in [3.05, 3.63) is 52.9 Å². The van der Waals surface area contributed by atoms with E-state index in [9.17, 15) is 5.11 Å². The van der Waals surface area contributed by atoms with Crippen LogP contribution in [-0.4, -0.2) is 20.2 Å². The number of benzene rings is 1. The van der Waals surface area contributed by atoms with Crippen molar-refractivity contribution in [2.24, 2.45) is 0 Å². The first-order chi connectivity index (χ1) is 10.2. The lowest BCUT2D eigenvalue weighted by Crippen LogP contribution is -1.86. The lowest BCUT2D eigenvalue weighted by molar-refractivity contribution is 0.417. The summed E-state index contributed by atoms with van der Waals surface area (Å²) in [6.07, 6.45) is 1.56. The molecule has 0 aliphatic carbocycles. The summed E-state index contributed by atoms with van der Waals surface area (Å²) in [5, 5.41) is 13.6. The Morgan fingerprint density at radius 3 is 2.76 bits per heavy atom. The Balaban J connectivity index is 1.71.